The fraction of sp³-hybridized carbons (Fsp3) is 0.909. The average molecular weight is 232 g/mol. The molecule has 0 unspecified atom stereocenters. The van der Waals surface area contributed by atoms with Gasteiger partial charge in [-0.15, -0.1) is 0 Å². The largest absolute Gasteiger partial charge is 0.466 e. The third-order valence-corrected chi connectivity index (χ3v) is 2.33. The van der Waals surface area contributed by atoms with E-state index in [2.05, 4.69) is 0 Å². The molecule has 1 fully saturated rings. The van der Waals surface area contributed by atoms with Crippen molar-refractivity contribution in [2.45, 2.75) is 51.6 Å². The molecule has 1 N–H and O–H groups in total. The highest BCUT2D eigenvalue weighted by Gasteiger charge is 2.36. The SMILES string of the molecule is CCOC(=O)C[C@@H]1C[C@H](CO)OC(C)(C)O1. The molecule has 0 radical (unpaired) electrons. The minimum absolute atomic E-state index is 0.0634. The van der Waals surface area contributed by atoms with Gasteiger partial charge in [-0.05, 0) is 20.8 Å². The zero-order chi connectivity index (χ0) is 12.2. The summed E-state index contributed by atoms with van der Waals surface area (Å²) in [5.41, 5.74) is 0. The normalized spacial score (nSPS) is 28.8. The number of aliphatic hydroxyl groups is 1. The lowest BCUT2D eigenvalue weighted by molar-refractivity contribution is -0.303. The smallest absolute Gasteiger partial charge is 0.308 e. The molecule has 16 heavy (non-hydrogen) atoms. The van der Waals surface area contributed by atoms with Crippen molar-refractivity contribution in [3.8, 4) is 0 Å². The summed E-state index contributed by atoms with van der Waals surface area (Å²) >= 11 is 0. The van der Waals surface area contributed by atoms with E-state index < -0.39 is 5.79 Å². The Hall–Kier alpha value is -0.650. The lowest BCUT2D eigenvalue weighted by atomic mass is 10.1. The number of ether oxygens (including phenoxy) is 3. The van der Waals surface area contributed by atoms with E-state index in [1.165, 1.54) is 0 Å². The van der Waals surface area contributed by atoms with E-state index in [9.17, 15) is 4.79 Å². The number of rotatable bonds is 4. The molecule has 0 aromatic rings. The number of aliphatic hydroxyl groups excluding tert-OH is 1. The van der Waals surface area contributed by atoms with E-state index in [0.29, 0.717) is 13.0 Å². The summed E-state index contributed by atoms with van der Waals surface area (Å²) in [6, 6.07) is 0. The molecule has 0 spiro atoms. The highest BCUT2D eigenvalue weighted by atomic mass is 16.7. The van der Waals surface area contributed by atoms with Crippen LogP contribution in [0.2, 0.25) is 0 Å². The summed E-state index contributed by atoms with van der Waals surface area (Å²) in [5, 5.41) is 9.08. The van der Waals surface area contributed by atoms with Crippen LogP contribution in [-0.2, 0) is 19.0 Å². The molecule has 0 aliphatic carbocycles. The van der Waals surface area contributed by atoms with Gasteiger partial charge in [-0.3, -0.25) is 4.79 Å². The molecule has 1 saturated heterocycles. The maximum Gasteiger partial charge on any atom is 0.308 e. The first kappa shape index (κ1) is 13.4. The van der Waals surface area contributed by atoms with E-state index in [-0.39, 0.29) is 31.2 Å². The average Bonchev–Trinajstić information content (AvgIpc) is 2.15. The molecule has 5 nitrogen and oxygen atoms in total. The fourth-order valence-electron chi connectivity index (χ4n) is 1.86. The van der Waals surface area contributed by atoms with E-state index in [1.54, 1.807) is 20.8 Å². The van der Waals surface area contributed by atoms with Crippen molar-refractivity contribution in [1.82, 2.24) is 0 Å². The highest BCUT2D eigenvalue weighted by Crippen LogP contribution is 2.28. The summed E-state index contributed by atoms with van der Waals surface area (Å²) in [6.45, 7) is 5.62. The third-order valence-electron chi connectivity index (χ3n) is 2.33. The summed E-state index contributed by atoms with van der Waals surface area (Å²) in [7, 11) is 0. The first-order valence-electron chi connectivity index (χ1n) is 5.59. The van der Waals surface area contributed by atoms with Crippen molar-refractivity contribution in [3.05, 3.63) is 0 Å². The minimum atomic E-state index is -0.761. The maximum atomic E-state index is 11.3. The summed E-state index contributed by atoms with van der Waals surface area (Å²) in [5.74, 6) is -1.04. The molecule has 2 atom stereocenters. The summed E-state index contributed by atoms with van der Waals surface area (Å²) in [6.07, 6.45) is 0.193. The monoisotopic (exact) mass is 232 g/mol. The van der Waals surface area contributed by atoms with Crippen LogP contribution < -0.4 is 0 Å². The number of hydrogen-bond donors (Lipinski definition) is 1. The first-order chi connectivity index (χ1) is 7.46. The molecular formula is C11H20O5. The molecule has 5 heteroatoms. The number of esters is 1. The number of carbonyl (C=O) groups is 1. The quantitative estimate of drug-likeness (QED) is 0.728. The van der Waals surface area contributed by atoms with E-state index in [1.807, 2.05) is 0 Å². The van der Waals surface area contributed by atoms with Crippen LogP contribution in [0.25, 0.3) is 0 Å². The van der Waals surface area contributed by atoms with E-state index in [4.69, 9.17) is 19.3 Å². The highest BCUT2D eigenvalue weighted by molar-refractivity contribution is 5.69. The van der Waals surface area contributed by atoms with E-state index in [0.717, 1.165) is 0 Å². The van der Waals surface area contributed by atoms with Crippen LogP contribution >= 0.6 is 0 Å². The topological polar surface area (TPSA) is 65.0 Å². The maximum absolute atomic E-state index is 11.3. The molecule has 1 aliphatic rings. The Kier molecular flexibility index (Phi) is 4.70. The molecule has 0 saturated carbocycles. The van der Waals surface area contributed by atoms with Crippen molar-refractivity contribution < 1.29 is 24.1 Å². The Bertz CT molecular complexity index is 239. The zero-order valence-corrected chi connectivity index (χ0v) is 10.1. The Morgan fingerprint density at radius 1 is 1.44 bits per heavy atom. The second-order valence-electron chi connectivity index (χ2n) is 4.31. The van der Waals surface area contributed by atoms with Crippen molar-refractivity contribution in [2.75, 3.05) is 13.2 Å². The predicted molar refractivity (Wildman–Crippen MR) is 56.8 cm³/mol. The van der Waals surface area contributed by atoms with Gasteiger partial charge >= 0.3 is 5.97 Å². The zero-order valence-electron chi connectivity index (χ0n) is 10.1. The van der Waals surface area contributed by atoms with E-state index >= 15 is 0 Å². The Balaban J connectivity index is 2.50. The molecule has 1 aliphatic heterocycles. The second kappa shape index (κ2) is 5.61. The third kappa shape index (κ3) is 4.08. The van der Waals surface area contributed by atoms with Crippen molar-refractivity contribution >= 4 is 5.97 Å². The van der Waals surface area contributed by atoms with Crippen LogP contribution in [0.5, 0.6) is 0 Å². The minimum Gasteiger partial charge on any atom is -0.466 e. The first-order valence-corrected chi connectivity index (χ1v) is 5.59. The van der Waals surface area contributed by atoms with Gasteiger partial charge in [0.15, 0.2) is 5.79 Å². The fourth-order valence-corrected chi connectivity index (χ4v) is 1.86. The molecule has 1 heterocycles. The van der Waals surface area contributed by atoms with Gasteiger partial charge in [0.1, 0.15) is 0 Å². The lowest BCUT2D eigenvalue weighted by Crippen LogP contribution is -2.46. The van der Waals surface area contributed by atoms with Crippen LogP contribution in [-0.4, -0.2) is 42.3 Å². The predicted octanol–water partition coefficient (Wildman–Crippen LogP) is 0.842. The molecule has 0 bridgehead atoms. The molecular weight excluding hydrogens is 212 g/mol. The Morgan fingerprint density at radius 3 is 2.62 bits per heavy atom. The summed E-state index contributed by atoms with van der Waals surface area (Å²) < 4.78 is 15.9. The molecule has 94 valence electrons. The van der Waals surface area contributed by atoms with Gasteiger partial charge in [0, 0.05) is 6.42 Å². The number of hydrogen-bond acceptors (Lipinski definition) is 5. The van der Waals surface area contributed by atoms with Gasteiger partial charge in [0.25, 0.3) is 0 Å². The van der Waals surface area contributed by atoms with Gasteiger partial charge in [-0.25, -0.2) is 0 Å². The van der Waals surface area contributed by atoms with Gasteiger partial charge in [-0.1, -0.05) is 0 Å². The van der Waals surface area contributed by atoms with Crippen molar-refractivity contribution in [3.63, 3.8) is 0 Å². The molecule has 1 rings (SSSR count). The van der Waals surface area contributed by atoms with Gasteiger partial charge in [0.05, 0.1) is 31.8 Å². The van der Waals surface area contributed by atoms with Gasteiger partial charge in [-0.2, -0.15) is 0 Å². The van der Waals surface area contributed by atoms with Crippen LogP contribution in [0.3, 0.4) is 0 Å². The second-order valence-corrected chi connectivity index (χ2v) is 4.31. The van der Waals surface area contributed by atoms with Crippen LogP contribution in [0.1, 0.15) is 33.6 Å². The van der Waals surface area contributed by atoms with Gasteiger partial charge < -0.3 is 19.3 Å². The number of carbonyl (C=O) groups excluding carboxylic acids is 1. The standard InChI is InChI=1S/C11H20O5/c1-4-14-10(13)6-8-5-9(7-12)16-11(2,3)15-8/h8-9,12H,4-7H2,1-3H3/t8-,9+/m0/s1. The Labute approximate surface area is 95.7 Å². The van der Waals surface area contributed by atoms with Crippen LogP contribution in [0, 0.1) is 0 Å². The van der Waals surface area contributed by atoms with Crippen LogP contribution in [0.4, 0.5) is 0 Å². The van der Waals surface area contributed by atoms with Crippen LogP contribution in [0.15, 0.2) is 0 Å². The lowest BCUT2D eigenvalue weighted by Gasteiger charge is -2.39. The van der Waals surface area contributed by atoms with Crippen molar-refractivity contribution in [1.29, 1.82) is 0 Å². The van der Waals surface area contributed by atoms with Gasteiger partial charge in [0.2, 0.25) is 0 Å². The summed E-state index contributed by atoms with van der Waals surface area (Å²) in [4.78, 5) is 11.3. The Morgan fingerprint density at radius 2 is 2.06 bits per heavy atom. The molecule has 0 aromatic heterocycles. The molecule has 0 aromatic carbocycles. The van der Waals surface area contributed by atoms with Crippen molar-refractivity contribution in [2.24, 2.45) is 0 Å². The molecule has 0 amide bonds.